The summed E-state index contributed by atoms with van der Waals surface area (Å²) in [4.78, 5) is 52.0. The Kier molecular flexibility index (Phi) is 11.3. The maximum absolute atomic E-state index is 13.4. The number of amides is 3. The van der Waals surface area contributed by atoms with Crippen LogP contribution in [0, 0.1) is 11.3 Å². The molecule has 38 heavy (non-hydrogen) atoms. The molecule has 13 heteroatoms. The molecule has 4 unspecified atom stereocenters. The van der Waals surface area contributed by atoms with E-state index in [0.717, 1.165) is 0 Å². The Morgan fingerprint density at radius 3 is 2.42 bits per heavy atom. The highest BCUT2D eigenvalue weighted by molar-refractivity contribution is 6.67. The van der Waals surface area contributed by atoms with Crippen molar-refractivity contribution in [2.45, 2.75) is 87.8 Å². The van der Waals surface area contributed by atoms with Gasteiger partial charge in [-0.15, -0.1) is 6.58 Å². The van der Waals surface area contributed by atoms with Crippen LogP contribution in [0.25, 0.3) is 0 Å². The van der Waals surface area contributed by atoms with Crippen molar-refractivity contribution < 1.29 is 28.7 Å². The zero-order valence-electron chi connectivity index (χ0n) is 22.6. The predicted octanol–water partition coefficient (Wildman–Crippen LogP) is 2.80. The molecule has 2 saturated heterocycles. The minimum atomic E-state index is -1.74. The fourth-order valence-corrected chi connectivity index (χ4v) is 4.82. The molecule has 2 aliphatic heterocycles. The molecule has 2 fully saturated rings. The van der Waals surface area contributed by atoms with Gasteiger partial charge in [0.05, 0.1) is 11.0 Å². The number of nitrogens with one attached hydrogen (secondary N) is 3. The fourth-order valence-electron chi connectivity index (χ4n) is 4.66. The first-order chi connectivity index (χ1) is 17.5. The second-order valence-electron chi connectivity index (χ2n) is 10.9. The summed E-state index contributed by atoms with van der Waals surface area (Å²) < 4.78 is 9.03. The summed E-state index contributed by atoms with van der Waals surface area (Å²) in [7, 11) is 0. The summed E-state index contributed by atoms with van der Waals surface area (Å²) in [6, 6.07) is -2.61. The molecule has 0 aromatic heterocycles. The largest absolute Gasteiger partial charge is 0.460 e. The molecular weight excluding hydrogens is 559 g/mol. The molecule has 0 aliphatic carbocycles. The predicted molar refractivity (Wildman–Crippen MR) is 145 cm³/mol. The lowest BCUT2D eigenvalue weighted by Crippen LogP contribution is -2.61. The molecule has 2 rings (SSSR count). The summed E-state index contributed by atoms with van der Waals surface area (Å²) >= 11 is 16.9. The van der Waals surface area contributed by atoms with Gasteiger partial charge >= 0.3 is 5.97 Å². The highest BCUT2D eigenvalue weighted by Gasteiger charge is 2.45. The Morgan fingerprint density at radius 2 is 1.87 bits per heavy atom. The first kappa shape index (κ1) is 32.6. The lowest BCUT2D eigenvalue weighted by atomic mass is 9.73. The van der Waals surface area contributed by atoms with Crippen LogP contribution in [0.15, 0.2) is 12.7 Å². The average molecular weight is 598 g/mol. The Hall–Kier alpha value is -1.59. The molecule has 0 bridgehead atoms. The van der Waals surface area contributed by atoms with Crippen LogP contribution in [0.1, 0.15) is 60.3 Å². The van der Waals surface area contributed by atoms with Crippen molar-refractivity contribution in [3.05, 3.63) is 12.7 Å². The van der Waals surface area contributed by atoms with Gasteiger partial charge in [0.15, 0.2) is 0 Å². The number of nitrogens with zero attached hydrogens (tertiary/aromatic N) is 1. The van der Waals surface area contributed by atoms with Crippen LogP contribution >= 0.6 is 34.8 Å². The summed E-state index contributed by atoms with van der Waals surface area (Å²) in [6.45, 7) is 13.2. The zero-order chi connectivity index (χ0) is 28.9. The summed E-state index contributed by atoms with van der Waals surface area (Å²) in [5.41, 5.74) is 1.45. The van der Waals surface area contributed by atoms with Gasteiger partial charge in [0.2, 0.25) is 15.6 Å². The Bertz CT molecular complexity index is 910. The molecule has 0 radical (unpaired) electrons. The van der Waals surface area contributed by atoms with Gasteiger partial charge in [-0.2, -0.15) is 0 Å². The van der Waals surface area contributed by atoms with E-state index >= 15 is 0 Å². The molecule has 0 aromatic carbocycles. The summed E-state index contributed by atoms with van der Waals surface area (Å²) in [5.74, 6) is -2.14. The average Bonchev–Trinajstić information content (AvgIpc) is 2.83. The van der Waals surface area contributed by atoms with Crippen molar-refractivity contribution in [1.82, 2.24) is 21.1 Å². The van der Waals surface area contributed by atoms with Gasteiger partial charge in [-0.05, 0) is 52.4 Å². The lowest BCUT2D eigenvalue weighted by Gasteiger charge is -2.42. The number of hydrogen-bond acceptors (Lipinski definition) is 7. The molecule has 3 N–H and O–H groups in total. The van der Waals surface area contributed by atoms with Crippen LogP contribution in [0.4, 0.5) is 0 Å². The van der Waals surface area contributed by atoms with Gasteiger partial charge in [-0.3, -0.25) is 24.2 Å². The topological polar surface area (TPSA) is 126 Å². The molecule has 2 aliphatic rings. The molecular formula is C25H39Cl3N4O6. The lowest BCUT2D eigenvalue weighted by molar-refractivity contribution is -0.153. The fraction of sp³-hybridized carbons (Fsp3) is 0.760. The van der Waals surface area contributed by atoms with Crippen molar-refractivity contribution in [2.24, 2.45) is 11.3 Å². The maximum atomic E-state index is 13.4. The van der Waals surface area contributed by atoms with Gasteiger partial charge in [0, 0.05) is 13.2 Å². The third-order valence-electron chi connectivity index (χ3n) is 6.70. The molecule has 0 aromatic rings. The van der Waals surface area contributed by atoms with Crippen LogP contribution in [0.2, 0.25) is 0 Å². The number of carbonyl (C=O) groups excluding carboxylic acids is 4. The molecule has 4 atom stereocenters. The molecule has 0 saturated carbocycles. The number of carbonyl (C=O) groups is 4. The first-order valence-electron chi connectivity index (χ1n) is 12.7. The number of esters is 1. The van der Waals surface area contributed by atoms with Crippen molar-refractivity contribution in [3.8, 4) is 0 Å². The third-order valence-corrected chi connectivity index (χ3v) is 7.03. The van der Waals surface area contributed by atoms with Crippen LogP contribution < -0.4 is 16.1 Å². The van der Waals surface area contributed by atoms with E-state index in [2.05, 4.69) is 22.6 Å². The van der Waals surface area contributed by atoms with E-state index in [1.165, 1.54) is 11.9 Å². The summed E-state index contributed by atoms with van der Waals surface area (Å²) in [5, 5.41) is 6.85. The van der Waals surface area contributed by atoms with Crippen LogP contribution in [-0.4, -0.2) is 76.0 Å². The van der Waals surface area contributed by atoms with E-state index in [9.17, 15) is 19.2 Å². The molecule has 216 valence electrons. The number of hydrazine groups is 1. The monoisotopic (exact) mass is 596 g/mol. The normalized spacial score (nSPS) is 25.2. The smallest absolute Gasteiger partial charge is 0.325 e. The number of rotatable bonds is 9. The number of alkyl halides is 3. The molecule has 3 amide bonds. The highest BCUT2D eigenvalue weighted by atomic mass is 35.6. The molecule has 0 spiro atoms. The van der Waals surface area contributed by atoms with E-state index in [1.807, 2.05) is 27.7 Å². The quantitative estimate of drug-likeness (QED) is 0.212. The van der Waals surface area contributed by atoms with Gasteiger partial charge in [0.1, 0.15) is 24.7 Å². The summed E-state index contributed by atoms with van der Waals surface area (Å²) in [6.07, 6.45) is 3.48. The van der Waals surface area contributed by atoms with Crippen LogP contribution in [0.5, 0.6) is 0 Å². The first-order valence-corrected chi connectivity index (χ1v) is 13.8. The third kappa shape index (κ3) is 8.98. The second kappa shape index (κ2) is 13.2. The Balaban J connectivity index is 2.01. The zero-order valence-corrected chi connectivity index (χ0v) is 24.8. The van der Waals surface area contributed by atoms with Gasteiger partial charge < -0.3 is 20.1 Å². The maximum Gasteiger partial charge on any atom is 0.325 e. The number of ether oxygens (including phenoxy) is 2. The molecule has 10 nitrogen and oxygen atoms in total. The standard InChI is InChI=1S/C25H39Cl3N4O6/c1-7-24(10-12-38-23(5,6)13-24)22(36)30-18(15(2)3)19(33)29-16(4)20(34)32-11-8-9-17(31-32)21(35)37-14-25(26,27)28/h7,15-18,31H,1,8-14H2,2-6H3,(H,29,33)(H,30,36). The van der Waals surface area contributed by atoms with Gasteiger partial charge in [-0.25, -0.2) is 5.43 Å². The highest BCUT2D eigenvalue weighted by Crippen LogP contribution is 2.40. The van der Waals surface area contributed by atoms with E-state index in [-0.39, 0.29) is 11.8 Å². The minimum Gasteiger partial charge on any atom is -0.460 e. The van der Waals surface area contributed by atoms with Crippen molar-refractivity contribution in [2.75, 3.05) is 19.8 Å². The van der Waals surface area contributed by atoms with Crippen molar-refractivity contribution in [3.63, 3.8) is 0 Å². The van der Waals surface area contributed by atoms with Gasteiger partial charge in [-0.1, -0.05) is 54.7 Å². The van der Waals surface area contributed by atoms with E-state index in [1.54, 1.807) is 6.08 Å². The van der Waals surface area contributed by atoms with E-state index in [0.29, 0.717) is 38.8 Å². The van der Waals surface area contributed by atoms with Crippen LogP contribution in [-0.2, 0) is 28.7 Å². The minimum absolute atomic E-state index is 0.249. The Morgan fingerprint density at radius 1 is 1.21 bits per heavy atom. The van der Waals surface area contributed by atoms with E-state index < -0.39 is 57.3 Å². The van der Waals surface area contributed by atoms with Crippen LogP contribution in [0.3, 0.4) is 0 Å². The van der Waals surface area contributed by atoms with Crippen molar-refractivity contribution >= 4 is 58.5 Å². The van der Waals surface area contributed by atoms with Crippen molar-refractivity contribution in [1.29, 1.82) is 0 Å². The SMILES string of the molecule is C=CC1(C(=O)NC(C(=O)NC(C)C(=O)N2CCCC(C(=O)OCC(Cl)(Cl)Cl)N2)C(C)C)CCOC(C)(C)C1. The number of halogens is 3. The van der Waals surface area contributed by atoms with Gasteiger partial charge in [0.25, 0.3) is 5.91 Å². The van der Waals surface area contributed by atoms with E-state index in [4.69, 9.17) is 44.3 Å². The molecule has 2 heterocycles. The Labute approximate surface area is 239 Å². The number of hydrogen-bond donors (Lipinski definition) is 3. The second-order valence-corrected chi connectivity index (χ2v) is 13.4.